The van der Waals surface area contributed by atoms with Gasteiger partial charge in [0.2, 0.25) is 0 Å². The first-order valence-corrected chi connectivity index (χ1v) is 5.54. The smallest absolute Gasteiger partial charge is 0.0900 e. The molecule has 0 fully saturated rings. The van der Waals surface area contributed by atoms with E-state index in [1.54, 1.807) is 0 Å². The minimum Gasteiger partial charge on any atom is -0.389 e. The second kappa shape index (κ2) is 8.05. The van der Waals surface area contributed by atoms with Gasteiger partial charge in [0.15, 0.2) is 0 Å². The highest BCUT2D eigenvalue weighted by Gasteiger charge is 2.09. The van der Waals surface area contributed by atoms with Crippen LogP contribution in [0, 0.1) is 0 Å². The number of hydrogen-bond acceptors (Lipinski definition) is 4. The first kappa shape index (κ1) is 14.8. The minimum atomic E-state index is -0.389. The molecule has 0 spiro atoms. The Hall–Kier alpha value is -0.160. The molecule has 1 N–H and O–H groups in total. The molecule has 15 heavy (non-hydrogen) atoms. The summed E-state index contributed by atoms with van der Waals surface area (Å²) in [6.45, 7) is 7.01. The van der Waals surface area contributed by atoms with Gasteiger partial charge in [-0.3, -0.25) is 0 Å². The summed E-state index contributed by atoms with van der Waals surface area (Å²) in [7, 11) is 6.11. The van der Waals surface area contributed by atoms with Gasteiger partial charge in [-0.15, -0.1) is 0 Å². The van der Waals surface area contributed by atoms with Gasteiger partial charge in [0.1, 0.15) is 0 Å². The van der Waals surface area contributed by atoms with Gasteiger partial charge in [0.25, 0.3) is 0 Å². The van der Waals surface area contributed by atoms with Crippen LogP contribution in [0.3, 0.4) is 0 Å². The van der Waals surface area contributed by atoms with Crippen LogP contribution in [0.25, 0.3) is 0 Å². The third kappa shape index (κ3) is 10.1. The zero-order chi connectivity index (χ0) is 11.8. The molecule has 0 aliphatic heterocycles. The number of aliphatic hydroxyl groups excluding tert-OH is 1. The summed E-state index contributed by atoms with van der Waals surface area (Å²) in [6.07, 6.45) is -0.203. The fourth-order valence-corrected chi connectivity index (χ4v) is 1.18. The van der Waals surface area contributed by atoms with E-state index in [0.717, 1.165) is 13.1 Å². The van der Waals surface area contributed by atoms with E-state index < -0.39 is 0 Å². The summed E-state index contributed by atoms with van der Waals surface area (Å²) in [4.78, 5) is 4.25. The van der Waals surface area contributed by atoms with Crippen molar-refractivity contribution in [1.82, 2.24) is 9.80 Å². The van der Waals surface area contributed by atoms with Gasteiger partial charge in [0.05, 0.1) is 18.8 Å². The molecule has 0 aliphatic rings. The fraction of sp³-hybridized carbons (Fsp3) is 1.00. The van der Waals surface area contributed by atoms with Crippen LogP contribution in [-0.2, 0) is 4.74 Å². The number of likely N-dealkylation sites (N-methyl/N-ethyl adjacent to an activating group) is 2. The Morgan fingerprint density at radius 2 is 1.73 bits per heavy atom. The van der Waals surface area contributed by atoms with E-state index in [-0.39, 0.29) is 12.2 Å². The Balaban J connectivity index is 3.52. The maximum atomic E-state index is 9.65. The topological polar surface area (TPSA) is 35.9 Å². The normalized spacial score (nSPS) is 14.2. The summed E-state index contributed by atoms with van der Waals surface area (Å²) in [5.74, 6) is 0. The third-order valence-electron chi connectivity index (χ3n) is 2.07. The SMILES string of the molecule is CC(C)OCC(O)CN(C)CCN(C)C. The summed E-state index contributed by atoms with van der Waals surface area (Å²) >= 11 is 0. The van der Waals surface area contributed by atoms with E-state index in [4.69, 9.17) is 4.74 Å². The molecule has 0 aromatic carbocycles. The average Bonchev–Trinajstić information content (AvgIpc) is 2.11. The summed E-state index contributed by atoms with van der Waals surface area (Å²) < 4.78 is 5.34. The zero-order valence-corrected chi connectivity index (χ0v) is 10.7. The molecule has 0 saturated carbocycles. The molecule has 0 aromatic heterocycles. The highest BCUT2D eigenvalue weighted by atomic mass is 16.5. The van der Waals surface area contributed by atoms with Crippen molar-refractivity contribution in [1.29, 1.82) is 0 Å². The highest BCUT2D eigenvalue weighted by Crippen LogP contribution is 1.94. The van der Waals surface area contributed by atoms with Crippen molar-refractivity contribution in [2.24, 2.45) is 0 Å². The quantitative estimate of drug-likeness (QED) is 0.634. The van der Waals surface area contributed by atoms with Crippen LogP contribution in [0.2, 0.25) is 0 Å². The highest BCUT2D eigenvalue weighted by molar-refractivity contribution is 4.62. The van der Waals surface area contributed by atoms with Crippen LogP contribution in [0.1, 0.15) is 13.8 Å². The van der Waals surface area contributed by atoms with Crippen LogP contribution < -0.4 is 0 Å². The molecule has 0 bridgehead atoms. The maximum Gasteiger partial charge on any atom is 0.0900 e. The van der Waals surface area contributed by atoms with Crippen molar-refractivity contribution in [3.8, 4) is 0 Å². The Morgan fingerprint density at radius 3 is 2.20 bits per heavy atom. The standard InChI is InChI=1S/C11H26N2O2/c1-10(2)15-9-11(14)8-13(5)7-6-12(3)4/h10-11,14H,6-9H2,1-5H3. The number of ether oxygens (including phenoxy) is 1. The predicted molar refractivity (Wildman–Crippen MR) is 63.1 cm³/mol. The zero-order valence-electron chi connectivity index (χ0n) is 10.7. The third-order valence-corrected chi connectivity index (χ3v) is 2.07. The van der Waals surface area contributed by atoms with Gasteiger partial charge in [0, 0.05) is 19.6 Å². The van der Waals surface area contributed by atoms with E-state index in [2.05, 4.69) is 9.80 Å². The van der Waals surface area contributed by atoms with Gasteiger partial charge in [-0.2, -0.15) is 0 Å². The molecular weight excluding hydrogens is 192 g/mol. The van der Waals surface area contributed by atoms with Crippen LogP contribution in [0.4, 0.5) is 0 Å². The van der Waals surface area contributed by atoms with Crippen molar-refractivity contribution in [3.05, 3.63) is 0 Å². The number of rotatable bonds is 8. The lowest BCUT2D eigenvalue weighted by Crippen LogP contribution is -2.36. The van der Waals surface area contributed by atoms with E-state index in [1.807, 2.05) is 35.0 Å². The van der Waals surface area contributed by atoms with Crippen molar-refractivity contribution < 1.29 is 9.84 Å². The maximum absolute atomic E-state index is 9.65. The second-order valence-corrected chi connectivity index (χ2v) is 4.60. The van der Waals surface area contributed by atoms with Crippen LogP contribution >= 0.6 is 0 Å². The van der Waals surface area contributed by atoms with E-state index in [0.29, 0.717) is 13.2 Å². The molecule has 4 heteroatoms. The van der Waals surface area contributed by atoms with Crippen molar-refractivity contribution in [2.75, 3.05) is 47.4 Å². The molecule has 0 amide bonds. The fourth-order valence-electron chi connectivity index (χ4n) is 1.18. The van der Waals surface area contributed by atoms with E-state index in [9.17, 15) is 5.11 Å². The summed E-state index contributed by atoms with van der Waals surface area (Å²) in [5.41, 5.74) is 0. The summed E-state index contributed by atoms with van der Waals surface area (Å²) in [6, 6.07) is 0. The molecule has 0 radical (unpaired) electrons. The van der Waals surface area contributed by atoms with Gasteiger partial charge in [-0.25, -0.2) is 0 Å². The van der Waals surface area contributed by atoms with Gasteiger partial charge < -0.3 is 19.6 Å². The molecule has 0 heterocycles. The van der Waals surface area contributed by atoms with Gasteiger partial charge in [-0.1, -0.05) is 0 Å². The Kier molecular flexibility index (Phi) is 7.96. The molecule has 1 atom stereocenters. The molecule has 0 saturated heterocycles. The molecule has 0 aliphatic carbocycles. The number of nitrogens with zero attached hydrogens (tertiary/aromatic N) is 2. The van der Waals surface area contributed by atoms with Gasteiger partial charge in [-0.05, 0) is 35.0 Å². The molecule has 4 nitrogen and oxygen atoms in total. The molecular formula is C11H26N2O2. The molecule has 92 valence electrons. The monoisotopic (exact) mass is 218 g/mol. The minimum absolute atomic E-state index is 0.187. The summed E-state index contributed by atoms with van der Waals surface area (Å²) in [5, 5.41) is 9.65. The second-order valence-electron chi connectivity index (χ2n) is 4.60. The first-order chi connectivity index (χ1) is 6.91. The Labute approximate surface area is 93.8 Å². The van der Waals surface area contributed by atoms with Crippen molar-refractivity contribution in [3.63, 3.8) is 0 Å². The van der Waals surface area contributed by atoms with E-state index in [1.165, 1.54) is 0 Å². The van der Waals surface area contributed by atoms with Crippen LogP contribution in [0.15, 0.2) is 0 Å². The lowest BCUT2D eigenvalue weighted by molar-refractivity contribution is -0.00593. The first-order valence-electron chi connectivity index (χ1n) is 5.54. The lowest BCUT2D eigenvalue weighted by atomic mass is 10.3. The van der Waals surface area contributed by atoms with Crippen LogP contribution in [0.5, 0.6) is 0 Å². The number of aliphatic hydroxyl groups is 1. The van der Waals surface area contributed by atoms with Crippen molar-refractivity contribution in [2.45, 2.75) is 26.1 Å². The molecule has 1 unspecified atom stereocenters. The van der Waals surface area contributed by atoms with E-state index >= 15 is 0 Å². The Bertz CT molecular complexity index is 136. The van der Waals surface area contributed by atoms with Crippen molar-refractivity contribution >= 4 is 0 Å². The average molecular weight is 218 g/mol. The Morgan fingerprint density at radius 1 is 1.13 bits per heavy atom. The molecule has 0 aromatic rings. The van der Waals surface area contributed by atoms with Crippen LogP contribution in [-0.4, -0.2) is 74.5 Å². The lowest BCUT2D eigenvalue weighted by Gasteiger charge is -2.22. The largest absolute Gasteiger partial charge is 0.389 e. The predicted octanol–water partition coefficient (Wildman–Crippen LogP) is 0.266. The molecule has 0 rings (SSSR count). The van der Waals surface area contributed by atoms with Gasteiger partial charge >= 0.3 is 0 Å². The number of hydrogen-bond donors (Lipinski definition) is 1.